The Balaban J connectivity index is 1.66. The number of rotatable bonds is 6. The van der Waals surface area contributed by atoms with Crippen LogP contribution >= 0.6 is 0 Å². The van der Waals surface area contributed by atoms with Crippen molar-refractivity contribution in [2.45, 2.75) is 52.1 Å². The van der Waals surface area contributed by atoms with Crippen molar-refractivity contribution in [3.63, 3.8) is 0 Å². The van der Waals surface area contributed by atoms with Crippen molar-refractivity contribution in [1.82, 2.24) is 19.9 Å². The average Bonchev–Trinajstić information content (AvgIpc) is 3.17. The molecule has 0 N–H and O–H groups in total. The van der Waals surface area contributed by atoms with Crippen LogP contribution in [-0.2, 0) is 6.54 Å². The number of likely N-dealkylation sites (tertiary alicyclic amines) is 1. The molecule has 1 unspecified atom stereocenters. The fraction of sp³-hybridized carbons (Fsp3) is 0.550. The number of hydrogen-bond donors (Lipinski definition) is 0. The van der Waals surface area contributed by atoms with Gasteiger partial charge in [-0.3, -0.25) is 14.7 Å². The average molecular weight is 356 g/mol. The van der Waals surface area contributed by atoms with E-state index < -0.39 is 0 Å². The molecular formula is C20H28N4O2. The van der Waals surface area contributed by atoms with E-state index in [0.717, 1.165) is 44.7 Å². The van der Waals surface area contributed by atoms with Gasteiger partial charge in [-0.2, -0.15) is 0 Å². The van der Waals surface area contributed by atoms with Crippen molar-refractivity contribution in [1.29, 1.82) is 0 Å². The summed E-state index contributed by atoms with van der Waals surface area (Å²) >= 11 is 0. The molecule has 1 fully saturated rings. The largest absolute Gasteiger partial charge is 0.351 e. The van der Waals surface area contributed by atoms with Crippen LogP contribution < -0.4 is 0 Å². The van der Waals surface area contributed by atoms with Gasteiger partial charge in [-0.05, 0) is 43.0 Å². The number of carbonyl (C=O) groups is 1. The summed E-state index contributed by atoms with van der Waals surface area (Å²) in [5.74, 6) is 0.561. The lowest BCUT2D eigenvalue weighted by Gasteiger charge is -2.38. The number of amides is 1. The summed E-state index contributed by atoms with van der Waals surface area (Å²) in [6, 6.07) is 6.25. The molecule has 3 heterocycles. The SMILES string of the molecule is CCN(Cc1ccncc1)C1CCCN(C(=O)c2cc(C(C)C)no2)C1. The fourth-order valence-corrected chi connectivity index (χ4v) is 3.48. The molecule has 6 heteroatoms. The number of piperidine rings is 1. The molecule has 2 aromatic heterocycles. The Bertz CT molecular complexity index is 714. The van der Waals surface area contributed by atoms with Crippen molar-refractivity contribution in [3.05, 3.63) is 47.6 Å². The van der Waals surface area contributed by atoms with Gasteiger partial charge in [0.25, 0.3) is 5.91 Å². The van der Waals surface area contributed by atoms with E-state index in [1.54, 1.807) is 6.07 Å². The van der Waals surface area contributed by atoms with Crippen molar-refractivity contribution in [2.75, 3.05) is 19.6 Å². The molecule has 26 heavy (non-hydrogen) atoms. The second-order valence-corrected chi connectivity index (χ2v) is 7.24. The maximum Gasteiger partial charge on any atom is 0.292 e. The van der Waals surface area contributed by atoms with Crippen LogP contribution in [0.1, 0.15) is 61.3 Å². The minimum atomic E-state index is -0.0472. The molecule has 0 spiro atoms. The number of nitrogens with zero attached hydrogens (tertiary/aromatic N) is 4. The van der Waals surface area contributed by atoms with Gasteiger partial charge < -0.3 is 9.42 Å². The van der Waals surface area contributed by atoms with Crippen LogP contribution in [0, 0.1) is 0 Å². The highest BCUT2D eigenvalue weighted by Gasteiger charge is 2.29. The summed E-state index contributed by atoms with van der Waals surface area (Å²) in [4.78, 5) is 21.3. The molecule has 1 atom stereocenters. The van der Waals surface area contributed by atoms with E-state index in [4.69, 9.17) is 4.52 Å². The van der Waals surface area contributed by atoms with Crippen LogP contribution in [0.5, 0.6) is 0 Å². The Kier molecular flexibility index (Phi) is 6.04. The van der Waals surface area contributed by atoms with Crippen LogP contribution in [-0.4, -0.2) is 51.5 Å². The molecule has 3 rings (SSSR count). The molecule has 0 radical (unpaired) electrons. The van der Waals surface area contributed by atoms with Gasteiger partial charge in [-0.1, -0.05) is 25.9 Å². The molecule has 1 amide bonds. The molecule has 1 saturated heterocycles. The van der Waals surface area contributed by atoms with Crippen LogP contribution in [0.4, 0.5) is 0 Å². The van der Waals surface area contributed by atoms with Crippen LogP contribution in [0.2, 0.25) is 0 Å². The van der Waals surface area contributed by atoms with E-state index in [1.165, 1.54) is 5.56 Å². The van der Waals surface area contributed by atoms with Gasteiger partial charge in [0.05, 0.1) is 5.69 Å². The molecule has 0 aromatic carbocycles. The zero-order valence-electron chi connectivity index (χ0n) is 15.9. The third-order valence-electron chi connectivity index (χ3n) is 5.07. The Morgan fingerprint density at radius 3 is 2.81 bits per heavy atom. The quantitative estimate of drug-likeness (QED) is 0.794. The van der Waals surface area contributed by atoms with Gasteiger partial charge in [0, 0.05) is 44.1 Å². The second-order valence-electron chi connectivity index (χ2n) is 7.24. The zero-order chi connectivity index (χ0) is 18.5. The first kappa shape index (κ1) is 18.6. The first-order valence-electron chi connectivity index (χ1n) is 9.47. The zero-order valence-corrected chi connectivity index (χ0v) is 15.9. The Morgan fingerprint density at radius 2 is 2.15 bits per heavy atom. The highest BCUT2D eigenvalue weighted by molar-refractivity contribution is 5.91. The molecule has 0 bridgehead atoms. The minimum Gasteiger partial charge on any atom is -0.351 e. The van der Waals surface area contributed by atoms with E-state index in [0.29, 0.717) is 11.8 Å². The number of pyridine rings is 1. The number of carbonyl (C=O) groups excluding carboxylic acids is 1. The Labute approximate surface area is 155 Å². The first-order valence-corrected chi connectivity index (χ1v) is 9.47. The lowest BCUT2D eigenvalue weighted by atomic mass is 10.0. The molecule has 1 aliphatic rings. The molecule has 140 valence electrons. The predicted molar refractivity (Wildman–Crippen MR) is 99.8 cm³/mol. The van der Waals surface area contributed by atoms with Crippen molar-refractivity contribution < 1.29 is 9.32 Å². The highest BCUT2D eigenvalue weighted by atomic mass is 16.5. The molecule has 1 aliphatic heterocycles. The first-order chi connectivity index (χ1) is 12.6. The maximum absolute atomic E-state index is 12.8. The van der Waals surface area contributed by atoms with E-state index in [9.17, 15) is 4.79 Å². The monoisotopic (exact) mass is 356 g/mol. The lowest BCUT2D eigenvalue weighted by molar-refractivity contribution is 0.0532. The van der Waals surface area contributed by atoms with Gasteiger partial charge in [0.1, 0.15) is 0 Å². The summed E-state index contributed by atoms with van der Waals surface area (Å²) in [6.45, 7) is 9.60. The molecular weight excluding hydrogens is 328 g/mol. The third kappa shape index (κ3) is 4.30. The number of likely N-dealkylation sites (N-methyl/N-ethyl adjacent to an activating group) is 1. The van der Waals surface area contributed by atoms with Crippen molar-refractivity contribution in [3.8, 4) is 0 Å². The van der Waals surface area contributed by atoms with Crippen LogP contribution in [0.25, 0.3) is 0 Å². The standard InChI is InChI=1S/C20H28N4O2/c1-4-23(13-16-7-9-21-10-8-16)17-6-5-11-24(14-17)20(25)19-12-18(15(2)3)22-26-19/h7-10,12,15,17H,4-6,11,13-14H2,1-3H3. The molecule has 0 saturated carbocycles. The summed E-state index contributed by atoms with van der Waals surface area (Å²) in [5, 5.41) is 4.02. The van der Waals surface area contributed by atoms with E-state index in [-0.39, 0.29) is 11.8 Å². The van der Waals surface area contributed by atoms with Gasteiger partial charge in [-0.15, -0.1) is 0 Å². The van der Waals surface area contributed by atoms with Crippen LogP contribution in [0.3, 0.4) is 0 Å². The molecule has 6 nitrogen and oxygen atoms in total. The lowest BCUT2D eigenvalue weighted by Crippen LogP contribution is -2.49. The van der Waals surface area contributed by atoms with Crippen molar-refractivity contribution >= 4 is 5.91 Å². The summed E-state index contributed by atoms with van der Waals surface area (Å²) in [6.07, 6.45) is 5.77. The highest BCUT2D eigenvalue weighted by Crippen LogP contribution is 2.21. The predicted octanol–water partition coefficient (Wildman–Crippen LogP) is 3.32. The normalized spacial score (nSPS) is 17.9. The van der Waals surface area contributed by atoms with E-state index >= 15 is 0 Å². The second kappa shape index (κ2) is 8.45. The fourth-order valence-electron chi connectivity index (χ4n) is 3.48. The number of hydrogen-bond acceptors (Lipinski definition) is 5. The third-order valence-corrected chi connectivity index (χ3v) is 5.07. The topological polar surface area (TPSA) is 62.5 Å². The molecule has 2 aromatic rings. The summed E-state index contributed by atoms with van der Waals surface area (Å²) < 4.78 is 5.30. The summed E-state index contributed by atoms with van der Waals surface area (Å²) in [7, 11) is 0. The minimum absolute atomic E-state index is 0.0472. The summed E-state index contributed by atoms with van der Waals surface area (Å²) in [5.41, 5.74) is 2.08. The van der Waals surface area contributed by atoms with E-state index in [1.807, 2.05) is 31.1 Å². The molecule has 0 aliphatic carbocycles. The van der Waals surface area contributed by atoms with Gasteiger partial charge in [0.15, 0.2) is 0 Å². The van der Waals surface area contributed by atoms with Gasteiger partial charge in [-0.25, -0.2) is 0 Å². The van der Waals surface area contributed by atoms with Gasteiger partial charge >= 0.3 is 0 Å². The maximum atomic E-state index is 12.8. The van der Waals surface area contributed by atoms with Crippen LogP contribution in [0.15, 0.2) is 35.1 Å². The van der Waals surface area contributed by atoms with Gasteiger partial charge in [0.2, 0.25) is 5.76 Å². The number of aromatic nitrogens is 2. The smallest absolute Gasteiger partial charge is 0.292 e. The Hall–Kier alpha value is -2.21. The Morgan fingerprint density at radius 1 is 1.38 bits per heavy atom. The van der Waals surface area contributed by atoms with Crippen molar-refractivity contribution in [2.24, 2.45) is 0 Å². The van der Waals surface area contributed by atoms with E-state index in [2.05, 4.69) is 34.1 Å².